The van der Waals surface area contributed by atoms with Gasteiger partial charge in [0.1, 0.15) is 11.3 Å². The lowest BCUT2D eigenvalue weighted by molar-refractivity contribution is 0.156. The predicted octanol–water partition coefficient (Wildman–Crippen LogP) is 3.67. The number of para-hydroxylation sites is 1. The summed E-state index contributed by atoms with van der Waals surface area (Å²) in [6, 6.07) is 8.40. The predicted molar refractivity (Wildman–Crippen MR) is 78.4 cm³/mol. The molecule has 0 saturated carbocycles. The quantitative estimate of drug-likeness (QED) is 0.861. The number of furan rings is 1. The molecule has 3 heteroatoms. The summed E-state index contributed by atoms with van der Waals surface area (Å²) in [6.45, 7) is 8.14. The van der Waals surface area contributed by atoms with E-state index in [0.717, 1.165) is 24.5 Å². The highest BCUT2D eigenvalue weighted by Gasteiger charge is 2.16. The maximum atomic E-state index is 5.96. The average Bonchev–Trinajstić information content (AvgIpc) is 2.74. The van der Waals surface area contributed by atoms with Crippen LogP contribution in [0.1, 0.15) is 31.2 Å². The minimum atomic E-state index is 0.215. The molecule has 2 rings (SSSR count). The Labute approximate surface area is 114 Å². The third-order valence-electron chi connectivity index (χ3n) is 3.50. The summed E-state index contributed by atoms with van der Waals surface area (Å²) in [6.07, 6.45) is 0. The molecule has 3 nitrogen and oxygen atoms in total. The zero-order valence-corrected chi connectivity index (χ0v) is 12.2. The molecule has 0 aliphatic rings. The lowest BCUT2D eigenvalue weighted by Gasteiger charge is -2.16. The minimum Gasteiger partial charge on any atom is -0.459 e. The van der Waals surface area contributed by atoms with E-state index in [1.165, 1.54) is 10.9 Å². The van der Waals surface area contributed by atoms with E-state index in [0.29, 0.717) is 5.92 Å². The summed E-state index contributed by atoms with van der Waals surface area (Å²) in [7, 11) is 1.74. The van der Waals surface area contributed by atoms with E-state index in [-0.39, 0.29) is 6.04 Å². The van der Waals surface area contributed by atoms with Gasteiger partial charge < -0.3 is 14.5 Å². The molecule has 1 N–H and O–H groups in total. The summed E-state index contributed by atoms with van der Waals surface area (Å²) < 4.78 is 11.1. The first kappa shape index (κ1) is 14.1. The van der Waals surface area contributed by atoms with Crippen molar-refractivity contribution in [2.24, 2.45) is 5.92 Å². The summed E-state index contributed by atoms with van der Waals surface area (Å²) in [4.78, 5) is 0. The van der Waals surface area contributed by atoms with E-state index in [9.17, 15) is 0 Å². The Kier molecular flexibility index (Phi) is 4.61. The van der Waals surface area contributed by atoms with Crippen LogP contribution >= 0.6 is 0 Å². The van der Waals surface area contributed by atoms with Gasteiger partial charge in [-0.1, -0.05) is 25.1 Å². The molecule has 2 aromatic rings. The summed E-state index contributed by atoms with van der Waals surface area (Å²) >= 11 is 0. The van der Waals surface area contributed by atoms with Crippen LogP contribution in [0.3, 0.4) is 0 Å². The van der Waals surface area contributed by atoms with Crippen molar-refractivity contribution in [2.75, 3.05) is 20.3 Å². The van der Waals surface area contributed by atoms with Gasteiger partial charge in [0.2, 0.25) is 0 Å². The maximum absolute atomic E-state index is 5.96. The molecule has 19 heavy (non-hydrogen) atoms. The first-order chi connectivity index (χ1) is 9.13. The van der Waals surface area contributed by atoms with Gasteiger partial charge in [-0.15, -0.1) is 0 Å². The molecule has 0 fully saturated rings. The van der Waals surface area contributed by atoms with Crippen molar-refractivity contribution in [3.63, 3.8) is 0 Å². The van der Waals surface area contributed by atoms with E-state index in [1.807, 2.05) is 18.2 Å². The van der Waals surface area contributed by atoms with Crippen molar-refractivity contribution in [2.45, 2.75) is 26.8 Å². The zero-order valence-electron chi connectivity index (χ0n) is 12.2. The average molecular weight is 261 g/mol. The van der Waals surface area contributed by atoms with Gasteiger partial charge in [-0.25, -0.2) is 0 Å². The van der Waals surface area contributed by atoms with Crippen LogP contribution in [0.25, 0.3) is 11.0 Å². The molecule has 0 spiro atoms. The number of hydrogen-bond donors (Lipinski definition) is 1. The first-order valence-electron chi connectivity index (χ1n) is 6.83. The number of hydrogen-bond acceptors (Lipinski definition) is 3. The zero-order chi connectivity index (χ0) is 13.8. The van der Waals surface area contributed by atoms with Crippen LogP contribution in [0.5, 0.6) is 0 Å². The number of benzene rings is 1. The van der Waals surface area contributed by atoms with Crippen LogP contribution in [-0.2, 0) is 4.74 Å². The molecule has 1 aromatic heterocycles. The minimum absolute atomic E-state index is 0.215. The Balaban J connectivity index is 2.09. The topological polar surface area (TPSA) is 34.4 Å². The highest BCUT2D eigenvalue weighted by molar-refractivity contribution is 5.82. The van der Waals surface area contributed by atoms with E-state index < -0.39 is 0 Å². The van der Waals surface area contributed by atoms with Gasteiger partial charge in [-0.2, -0.15) is 0 Å². The van der Waals surface area contributed by atoms with E-state index in [2.05, 4.69) is 32.2 Å². The first-order valence-corrected chi connectivity index (χ1v) is 6.83. The van der Waals surface area contributed by atoms with E-state index >= 15 is 0 Å². The smallest absolute Gasteiger partial charge is 0.134 e. The van der Waals surface area contributed by atoms with Crippen molar-refractivity contribution in [1.29, 1.82) is 0 Å². The highest BCUT2D eigenvalue weighted by Crippen LogP contribution is 2.29. The Morgan fingerprint density at radius 1 is 1.26 bits per heavy atom. The van der Waals surface area contributed by atoms with Crippen molar-refractivity contribution in [3.05, 3.63) is 35.6 Å². The second kappa shape index (κ2) is 6.22. The molecule has 0 saturated heterocycles. The molecule has 0 amide bonds. The van der Waals surface area contributed by atoms with Crippen LogP contribution in [0.4, 0.5) is 0 Å². The molecule has 0 bridgehead atoms. The van der Waals surface area contributed by atoms with Crippen molar-refractivity contribution in [1.82, 2.24) is 5.32 Å². The summed E-state index contributed by atoms with van der Waals surface area (Å²) in [5.74, 6) is 1.53. The van der Waals surface area contributed by atoms with Crippen molar-refractivity contribution < 1.29 is 9.15 Å². The molecule has 1 aromatic carbocycles. The molecular weight excluding hydrogens is 238 g/mol. The van der Waals surface area contributed by atoms with Crippen molar-refractivity contribution in [3.8, 4) is 0 Å². The standard InChI is InChI=1S/C16H23NO2/c1-11(10-18-4)9-17-13(3)16-12(2)14-7-5-6-8-15(14)19-16/h5-8,11,13,17H,9-10H2,1-4H3. The number of rotatable bonds is 6. The molecular formula is C16H23NO2. The molecule has 104 valence electrons. The Bertz CT molecular complexity index is 533. The van der Waals surface area contributed by atoms with Gasteiger partial charge in [0, 0.05) is 25.6 Å². The van der Waals surface area contributed by atoms with Crippen LogP contribution in [-0.4, -0.2) is 20.3 Å². The molecule has 0 aliphatic heterocycles. The fraction of sp³-hybridized carbons (Fsp3) is 0.500. The Hall–Kier alpha value is -1.32. The third-order valence-corrected chi connectivity index (χ3v) is 3.50. The Morgan fingerprint density at radius 2 is 2.00 bits per heavy atom. The third kappa shape index (κ3) is 3.17. The van der Waals surface area contributed by atoms with E-state index in [4.69, 9.17) is 9.15 Å². The molecule has 1 heterocycles. The molecule has 2 atom stereocenters. The van der Waals surface area contributed by atoms with Gasteiger partial charge in [0.15, 0.2) is 0 Å². The lowest BCUT2D eigenvalue weighted by atomic mass is 10.1. The fourth-order valence-corrected chi connectivity index (χ4v) is 2.42. The number of methoxy groups -OCH3 is 1. The number of aryl methyl sites for hydroxylation is 1. The second-order valence-corrected chi connectivity index (χ2v) is 5.28. The van der Waals surface area contributed by atoms with Gasteiger partial charge in [0.05, 0.1) is 6.04 Å². The number of fused-ring (bicyclic) bond motifs is 1. The number of nitrogens with one attached hydrogen (secondary N) is 1. The number of ether oxygens (including phenoxy) is 1. The van der Waals surface area contributed by atoms with Crippen molar-refractivity contribution >= 4 is 11.0 Å². The SMILES string of the molecule is COCC(C)CNC(C)c1oc2ccccc2c1C. The summed E-state index contributed by atoms with van der Waals surface area (Å²) in [5, 5.41) is 4.72. The van der Waals surface area contributed by atoms with Gasteiger partial charge >= 0.3 is 0 Å². The van der Waals surface area contributed by atoms with Crippen LogP contribution in [0.2, 0.25) is 0 Å². The van der Waals surface area contributed by atoms with E-state index in [1.54, 1.807) is 7.11 Å². The summed E-state index contributed by atoms with van der Waals surface area (Å²) in [5.41, 5.74) is 2.20. The Morgan fingerprint density at radius 3 is 2.68 bits per heavy atom. The van der Waals surface area contributed by atoms with Crippen LogP contribution < -0.4 is 5.32 Å². The molecule has 0 aliphatic carbocycles. The molecule has 2 unspecified atom stereocenters. The monoisotopic (exact) mass is 261 g/mol. The largest absolute Gasteiger partial charge is 0.459 e. The van der Waals surface area contributed by atoms with Crippen LogP contribution in [0.15, 0.2) is 28.7 Å². The second-order valence-electron chi connectivity index (χ2n) is 5.28. The van der Waals surface area contributed by atoms with Crippen LogP contribution in [0, 0.1) is 12.8 Å². The normalized spacial score (nSPS) is 14.7. The highest BCUT2D eigenvalue weighted by atomic mass is 16.5. The molecule has 0 radical (unpaired) electrons. The van der Waals surface area contributed by atoms with Gasteiger partial charge in [-0.05, 0) is 31.4 Å². The van der Waals surface area contributed by atoms with Gasteiger partial charge in [0.25, 0.3) is 0 Å². The maximum Gasteiger partial charge on any atom is 0.134 e. The lowest BCUT2D eigenvalue weighted by Crippen LogP contribution is -2.26. The fourth-order valence-electron chi connectivity index (χ4n) is 2.42. The van der Waals surface area contributed by atoms with Gasteiger partial charge in [-0.3, -0.25) is 0 Å².